The van der Waals surface area contributed by atoms with Gasteiger partial charge in [-0.2, -0.15) is 5.10 Å². The zero-order valence-corrected chi connectivity index (χ0v) is 20.1. The maximum Gasteiger partial charge on any atom is 0.173 e. The molecule has 0 spiro atoms. The molecule has 10 heteroatoms. The first-order valence-corrected chi connectivity index (χ1v) is 12.4. The summed E-state index contributed by atoms with van der Waals surface area (Å²) in [5.41, 5.74) is 1.94. The van der Waals surface area contributed by atoms with Gasteiger partial charge in [0, 0.05) is 48.1 Å². The Kier molecular flexibility index (Phi) is 5.49. The second kappa shape index (κ2) is 8.69. The van der Waals surface area contributed by atoms with Crippen LogP contribution in [-0.4, -0.2) is 51.5 Å². The van der Waals surface area contributed by atoms with Crippen molar-refractivity contribution in [2.45, 2.75) is 32.4 Å². The molecule has 1 N–H and O–H groups in total. The second-order valence-electron chi connectivity index (χ2n) is 9.03. The van der Waals surface area contributed by atoms with Crippen molar-refractivity contribution >= 4 is 17.2 Å². The standard InChI is InChI=1S/C25H24F2N6OS/c1-14-11-32(12-15(2)30-14)23-6-5-20-24(31-23)17-10-22(35-21(17)7-8-34-20)25-28-13-29-33(25)19-4-3-16(26)9-18(19)27/h3-6,9-10,13-15,30H,7-8,11-12H2,1-2H3/t14-,15+. The molecule has 1 fully saturated rings. The molecule has 2 aliphatic rings. The molecule has 0 unspecified atom stereocenters. The highest BCUT2D eigenvalue weighted by Crippen LogP contribution is 2.42. The summed E-state index contributed by atoms with van der Waals surface area (Å²) in [6.45, 7) is 6.66. The van der Waals surface area contributed by atoms with Crippen LogP contribution in [0.15, 0.2) is 42.7 Å². The van der Waals surface area contributed by atoms with Crippen LogP contribution >= 0.6 is 11.3 Å². The van der Waals surface area contributed by atoms with Crippen molar-refractivity contribution in [1.82, 2.24) is 25.1 Å². The van der Waals surface area contributed by atoms with E-state index >= 15 is 0 Å². The second-order valence-corrected chi connectivity index (χ2v) is 10.2. The third-order valence-electron chi connectivity index (χ3n) is 6.28. The Morgan fingerprint density at radius 1 is 1.09 bits per heavy atom. The number of halogens is 2. The van der Waals surface area contributed by atoms with Crippen LogP contribution in [0.5, 0.6) is 5.75 Å². The first-order chi connectivity index (χ1) is 17.0. The van der Waals surface area contributed by atoms with Gasteiger partial charge in [-0.15, -0.1) is 11.3 Å². The summed E-state index contributed by atoms with van der Waals surface area (Å²) in [7, 11) is 0. The van der Waals surface area contributed by atoms with E-state index in [9.17, 15) is 8.78 Å². The Balaban J connectivity index is 1.41. The summed E-state index contributed by atoms with van der Waals surface area (Å²) in [6.07, 6.45) is 2.11. The Labute approximate surface area is 205 Å². The number of pyridine rings is 1. The van der Waals surface area contributed by atoms with Gasteiger partial charge in [-0.1, -0.05) is 0 Å². The fraction of sp³-hybridized carbons (Fsp3) is 0.320. The van der Waals surface area contributed by atoms with E-state index in [1.54, 1.807) is 11.3 Å². The smallest absolute Gasteiger partial charge is 0.173 e. The summed E-state index contributed by atoms with van der Waals surface area (Å²) < 4.78 is 35.4. The van der Waals surface area contributed by atoms with Crippen molar-refractivity contribution in [3.05, 3.63) is 59.2 Å². The number of thiophene rings is 1. The average molecular weight is 495 g/mol. The molecule has 2 aliphatic heterocycles. The minimum Gasteiger partial charge on any atom is -0.491 e. The SMILES string of the molecule is C[C@@H]1CN(c2ccc3c(n2)-c2cc(-c4ncnn4-c4ccc(F)cc4F)sc2CCO3)C[C@H](C)N1. The predicted octanol–water partition coefficient (Wildman–Crippen LogP) is 4.46. The number of hydrogen-bond acceptors (Lipinski definition) is 7. The number of ether oxygens (including phenoxy) is 1. The van der Waals surface area contributed by atoms with Gasteiger partial charge in [-0.25, -0.2) is 23.4 Å². The van der Waals surface area contributed by atoms with E-state index in [-0.39, 0.29) is 5.69 Å². The van der Waals surface area contributed by atoms with Crippen LogP contribution in [0.2, 0.25) is 0 Å². The third kappa shape index (κ3) is 4.06. The van der Waals surface area contributed by atoms with Crippen LogP contribution < -0.4 is 15.0 Å². The molecule has 0 bridgehead atoms. The molecule has 5 heterocycles. The highest BCUT2D eigenvalue weighted by molar-refractivity contribution is 7.16. The van der Waals surface area contributed by atoms with Crippen LogP contribution in [0.1, 0.15) is 18.7 Å². The topological polar surface area (TPSA) is 68.1 Å². The molecule has 7 nitrogen and oxygen atoms in total. The molecule has 1 saturated heterocycles. The highest BCUT2D eigenvalue weighted by atomic mass is 32.1. The lowest BCUT2D eigenvalue weighted by Gasteiger charge is -2.37. The minimum absolute atomic E-state index is 0.147. The van der Waals surface area contributed by atoms with Crippen molar-refractivity contribution in [2.75, 3.05) is 24.6 Å². The van der Waals surface area contributed by atoms with E-state index in [4.69, 9.17) is 9.72 Å². The van der Waals surface area contributed by atoms with Gasteiger partial charge in [-0.05, 0) is 44.2 Å². The Morgan fingerprint density at radius 2 is 1.91 bits per heavy atom. The summed E-state index contributed by atoms with van der Waals surface area (Å²) in [6, 6.07) is 10.2. The number of piperazine rings is 1. The van der Waals surface area contributed by atoms with Gasteiger partial charge in [0.25, 0.3) is 0 Å². The van der Waals surface area contributed by atoms with Gasteiger partial charge < -0.3 is 15.0 Å². The molecular weight excluding hydrogens is 470 g/mol. The minimum atomic E-state index is -0.695. The summed E-state index contributed by atoms with van der Waals surface area (Å²) >= 11 is 1.57. The molecule has 4 aromatic rings. The number of nitrogens with one attached hydrogen (secondary N) is 1. The first kappa shape index (κ1) is 22.1. The molecule has 0 amide bonds. The zero-order valence-electron chi connectivity index (χ0n) is 19.3. The molecule has 2 atom stereocenters. The normalized spacial score (nSPS) is 19.6. The molecule has 0 radical (unpaired) electrons. The molecule has 1 aromatic carbocycles. The largest absolute Gasteiger partial charge is 0.491 e. The van der Waals surface area contributed by atoms with E-state index in [0.29, 0.717) is 24.5 Å². The number of aromatic nitrogens is 4. The third-order valence-corrected chi connectivity index (χ3v) is 7.47. The van der Waals surface area contributed by atoms with Gasteiger partial charge >= 0.3 is 0 Å². The molecule has 0 saturated carbocycles. The number of hydrogen-bond donors (Lipinski definition) is 1. The summed E-state index contributed by atoms with van der Waals surface area (Å²) in [4.78, 5) is 13.7. The molecule has 3 aromatic heterocycles. The Morgan fingerprint density at radius 3 is 2.71 bits per heavy atom. The van der Waals surface area contributed by atoms with Crippen LogP contribution in [0.3, 0.4) is 0 Å². The van der Waals surface area contributed by atoms with E-state index in [1.807, 2.05) is 18.2 Å². The zero-order chi connectivity index (χ0) is 24.1. The number of nitrogens with zero attached hydrogens (tertiary/aromatic N) is 5. The van der Waals surface area contributed by atoms with E-state index in [0.717, 1.165) is 58.2 Å². The number of benzene rings is 1. The number of anilines is 1. The maximum atomic E-state index is 14.5. The Bertz CT molecular complexity index is 1390. The maximum absolute atomic E-state index is 14.5. The summed E-state index contributed by atoms with van der Waals surface area (Å²) in [5.74, 6) is 0.836. The van der Waals surface area contributed by atoms with Gasteiger partial charge in [-0.3, -0.25) is 0 Å². The molecule has 0 aliphatic carbocycles. The van der Waals surface area contributed by atoms with Crippen molar-refractivity contribution in [3.8, 4) is 33.4 Å². The molecule has 6 rings (SSSR count). The highest BCUT2D eigenvalue weighted by Gasteiger charge is 2.26. The lowest BCUT2D eigenvalue weighted by atomic mass is 10.1. The molecular formula is C25H24F2N6OS. The van der Waals surface area contributed by atoms with Crippen LogP contribution in [0, 0.1) is 11.6 Å². The van der Waals surface area contributed by atoms with Gasteiger partial charge in [0.15, 0.2) is 11.6 Å². The lowest BCUT2D eigenvalue weighted by molar-refractivity contribution is 0.326. The van der Waals surface area contributed by atoms with Gasteiger partial charge in [0.1, 0.15) is 35.1 Å². The number of rotatable bonds is 3. The van der Waals surface area contributed by atoms with Crippen molar-refractivity contribution < 1.29 is 13.5 Å². The quantitative estimate of drug-likeness (QED) is 0.454. The predicted molar refractivity (Wildman–Crippen MR) is 131 cm³/mol. The molecule has 35 heavy (non-hydrogen) atoms. The fourth-order valence-corrected chi connectivity index (χ4v) is 5.98. The van der Waals surface area contributed by atoms with Gasteiger partial charge in [0.2, 0.25) is 0 Å². The van der Waals surface area contributed by atoms with Gasteiger partial charge in [0.05, 0.1) is 11.5 Å². The van der Waals surface area contributed by atoms with E-state index in [1.165, 1.54) is 23.1 Å². The van der Waals surface area contributed by atoms with Crippen LogP contribution in [0.25, 0.3) is 27.6 Å². The lowest BCUT2D eigenvalue weighted by Crippen LogP contribution is -2.54. The monoisotopic (exact) mass is 494 g/mol. The van der Waals surface area contributed by atoms with E-state index < -0.39 is 11.6 Å². The summed E-state index contributed by atoms with van der Waals surface area (Å²) in [5, 5.41) is 7.77. The first-order valence-electron chi connectivity index (χ1n) is 11.6. The van der Waals surface area contributed by atoms with Crippen LogP contribution in [0.4, 0.5) is 14.6 Å². The average Bonchev–Trinajstić information content (AvgIpc) is 3.42. The number of fused-ring (bicyclic) bond motifs is 3. The van der Waals surface area contributed by atoms with Crippen molar-refractivity contribution in [3.63, 3.8) is 0 Å². The Hall–Kier alpha value is -3.37. The fourth-order valence-electron chi connectivity index (χ4n) is 4.85. The van der Waals surface area contributed by atoms with Crippen molar-refractivity contribution in [2.24, 2.45) is 0 Å². The van der Waals surface area contributed by atoms with Crippen LogP contribution in [-0.2, 0) is 6.42 Å². The molecule has 180 valence electrons. The van der Waals surface area contributed by atoms with Crippen molar-refractivity contribution in [1.29, 1.82) is 0 Å². The van der Waals surface area contributed by atoms with E-state index in [2.05, 4.69) is 34.1 Å².